The van der Waals surface area contributed by atoms with Crippen molar-refractivity contribution in [1.82, 2.24) is 9.80 Å². The Hall–Kier alpha value is -0.610. The van der Waals surface area contributed by atoms with Gasteiger partial charge in [0.2, 0.25) is 5.91 Å². The fraction of sp³-hybridized carbons (Fsp3) is 0.941. The van der Waals surface area contributed by atoms with Crippen LogP contribution < -0.4 is 0 Å². The molecular weight excluding hydrogens is 264 g/mol. The third-order valence-corrected chi connectivity index (χ3v) is 4.23. The van der Waals surface area contributed by atoms with Gasteiger partial charge in [0, 0.05) is 13.1 Å². The molecule has 21 heavy (non-hydrogen) atoms. The van der Waals surface area contributed by atoms with E-state index >= 15 is 0 Å². The van der Waals surface area contributed by atoms with Crippen molar-refractivity contribution in [2.45, 2.75) is 47.0 Å². The number of carbonyl (C=O) groups excluding carboxylic acids is 1. The molecule has 2 saturated heterocycles. The summed E-state index contributed by atoms with van der Waals surface area (Å²) >= 11 is 0. The Labute approximate surface area is 130 Å². The van der Waals surface area contributed by atoms with E-state index in [1.54, 1.807) is 0 Å². The number of amides is 1. The van der Waals surface area contributed by atoms with E-state index in [-0.39, 0.29) is 5.91 Å². The summed E-state index contributed by atoms with van der Waals surface area (Å²) in [6.45, 7) is 14.3. The third-order valence-electron chi connectivity index (χ3n) is 4.23. The van der Waals surface area contributed by atoms with Gasteiger partial charge in [-0.3, -0.25) is 9.69 Å². The van der Waals surface area contributed by atoms with Gasteiger partial charge in [0.05, 0.1) is 19.8 Å². The van der Waals surface area contributed by atoms with Crippen LogP contribution in [0.15, 0.2) is 0 Å². The first-order valence-corrected chi connectivity index (χ1v) is 8.73. The van der Waals surface area contributed by atoms with Crippen molar-refractivity contribution in [1.29, 1.82) is 0 Å². The number of rotatable bonds is 4. The Morgan fingerprint density at radius 3 is 2.19 bits per heavy atom. The van der Waals surface area contributed by atoms with Crippen LogP contribution in [0.25, 0.3) is 0 Å². The lowest BCUT2D eigenvalue weighted by Gasteiger charge is -2.34. The van der Waals surface area contributed by atoms with Gasteiger partial charge in [0.15, 0.2) is 0 Å². The van der Waals surface area contributed by atoms with Crippen LogP contribution in [-0.2, 0) is 9.53 Å². The smallest absolute Gasteiger partial charge is 0.236 e. The number of morpholine rings is 1. The second-order valence-corrected chi connectivity index (χ2v) is 6.34. The highest BCUT2D eigenvalue weighted by atomic mass is 16.5. The van der Waals surface area contributed by atoms with E-state index in [9.17, 15) is 4.79 Å². The maximum atomic E-state index is 12.2. The first-order chi connectivity index (χ1) is 10.1. The minimum atomic E-state index is 0.283. The predicted molar refractivity (Wildman–Crippen MR) is 87.4 cm³/mol. The van der Waals surface area contributed by atoms with Gasteiger partial charge in [0.1, 0.15) is 0 Å². The molecule has 2 heterocycles. The van der Waals surface area contributed by atoms with Crippen LogP contribution >= 0.6 is 0 Å². The average Bonchev–Trinajstić information content (AvgIpc) is 2.51. The molecule has 2 aliphatic heterocycles. The van der Waals surface area contributed by atoms with E-state index in [4.69, 9.17) is 4.74 Å². The molecule has 0 spiro atoms. The monoisotopic (exact) mass is 298 g/mol. The summed E-state index contributed by atoms with van der Waals surface area (Å²) in [4.78, 5) is 16.4. The van der Waals surface area contributed by atoms with E-state index in [1.165, 1.54) is 19.3 Å². The fourth-order valence-corrected chi connectivity index (χ4v) is 3.15. The SMILES string of the molecule is CC.CC(C)CC1CCN(CC(=O)N2CCOCC2)CC1. The summed E-state index contributed by atoms with van der Waals surface area (Å²) in [5, 5.41) is 0. The van der Waals surface area contributed by atoms with E-state index in [0.717, 1.165) is 38.0 Å². The molecule has 0 atom stereocenters. The summed E-state index contributed by atoms with van der Waals surface area (Å²) in [7, 11) is 0. The van der Waals surface area contributed by atoms with Crippen molar-refractivity contribution >= 4 is 5.91 Å². The molecule has 4 heteroatoms. The van der Waals surface area contributed by atoms with Crippen molar-refractivity contribution in [2.24, 2.45) is 11.8 Å². The number of piperidine rings is 1. The highest BCUT2D eigenvalue weighted by Gasteiger charge is 2.24. The molecule has 1 amide bonds. The molecule has 0 N–H and O–H groups in total. The van der Waals surface area contributed by atoms with Gasteiger partial charge >= 0.3 is 0 Å². The minimum Gasteiger partial charge on any atom is -0.378 e. The zero-order chi connectivity index (χ0) is 15.7. The first kappa shape index (κ1) is 18.4. The van der Waals surface area contributed by atoms with Crippen molar-refractivity contribution < 1.29 is 9.53 Å². The number of nitrogens with zero attached hydrogens (tertiary/aromatic N) is 2. The van der Waals surface area contributed by atoms with Crippen LogP contribution in [0.5, 0.6) is 0 Å². The molecule has 0 aromatic heterocycles. The number of ether oxygens (including phenoxy) is 1. The minimum absolute atomic E-state index is 0.283. The van der Waals surface area contributed by atoms with Gasteiger partial charge in [-0.15, -0.1) is 0 Å². The summed E-state index contributed by atoms with van der Waals surface area (Å²) in [6, 6.07) is 0. The Morgan fingerprint density at radius 1 is 1.10 bits per heavy atom. The van der Waals surface area contributed by atoms with Crippen LogP contribution in [0.3, 0.4) is 0 Å². The van der Waals surface area contributed by atoms with E-state index in [1.807, 2.05) is 18.7 Å². The summed E-state index contributed by atoms with van der Waals surface area (Å²) < 4.78 is 5.28. The zero-order valence-electron chi connectivity index (χ0n) is 14.4. The Bertz CT molecular complexity index is 281. The molecule has 0 saturated carbocycles. The van der Waals surface area contributed by atoms with Gasteiger partial charge in [-0.05, 0) is 44.2 Å². The van der Waals surface area contributed by atoms with Gasteiger partial charge in [-0.25, -0.2) is 0 Å². The third kappa shape index (κ3) is 6.79. The molecule has 0 unspecified atom stereocenters. The molecule has 2 fully saturated rings. The molecule has 0 radical (unpaired) electrons. The maximum Gasteiger partial charge on any atom is 0.236 e. The maximum absolute atomic E-state index is 12.2. The van der Waals surface area contributed by atoms with Crippen LogP contribution in [0.1, 0.15) is 47.0 Å². The quantitative estimate of drug-likeness (QED) is 0.800. The van der Waals surface area contributed by atoms with Crippen molar-refractivity contribution in [3.63, 3.8) is 0 Å². The zero-order valence-corrected chi connectivity index (χ0v) is 14.4. The fourth-order valence-electron chi connectivity index (χ4n) is 3.15. The first-order valence-electron chi connectivity index (χ1n) is 8.73. The number of hydrogen-bond donors (Lipinski definition) is 0. The number of likely N-dealkylation sites (tertiary alicyclic amines) is 1. The lowest BCUT2D eigenvalue weighted by atomic mass is 9.88. The van der Waals surface area contributed by atoms with E-state index in [0.29, 0.717) is 19.8 Å². The second-order valence-electron chi connectivity index (χ2n) is 6.34. The molecule has 0 bridgehead atoms. The van der Waals surface area contributed by atoms with Gasteiger partial charge in [-0.2, -0.15) is 0 Å². The van der Waals surface area contributed by atoms with Crippen LogP contribution in [0.4, 0.5) is 0 Å². The van der Waals surface area contributed by atoms with Crippen LogP contribution in [0, 0.1) is 11.8 Å². The van der Waals surface area contributed by atoms with Gasteiger partial charge in [-0.1, -0.05) is 27.7 Å². The van der Waals surface area contributed by atoms with Crippen LogP contribution in [-0.4, -0.2) is 61.6 Å². The van der Waals surface area contributed by atoms with E-state index in [2.05, 4.69) is 18.7 Å². The number of hydrogen-bond acceptors (Lipinski definition) is 3. The molecule has 2 aliphatic rings. The topological polar surface area (TPSA) is 32.8 Å². The number of carbonyl (C=O) groups is 1. The normalized spacial score (nSPS) is 21.1. The molecular formula is C17H34N2O2. The van der Waals surface area contributed by atoms with Crippen molar-refractivity contribution in [3.05, 3.63) is 0 Å². The summed E-state index contributed by atoms with van der Waals surface area (Å²) in [5.41, 5.74) is 0. The van der Waals surface area contributed by atoms with Gasteiger partial charge < -0.3 is 9.64 Å². The highest BCUT2D eigenvalue weighted by Crippen LogP contribution is 2.23. The van der Waals surface area contributed by atoms with Crippen molar-refractivity contribution in [3.8, 4) is 0 Å². The molecule has 0 aromatic carbocycles. The Kier molecular flexibility index (Phi) is 8.93. The van der Waals surface area contributed by atoms with Gasteiger partial charge in [0.25, 0.3) is 0 Å². The molecule has 0 aromatic rings. The van der Waals surface area contributed by atoms with E-state index < -0.39 is 0 Å². The highest BCUT2D eigenvalue weighted by molar-refractivity contribution is 5.78. The summed E-state index contributed by atoms with van der Waals surface area (Å²) in [6.07, 6.45) is 3.86. The largest absolute Gasteiger partial charge is 0.378 e. The lowest BCUT2D eigenvalue weighted by molar-refractivity contribution is -0.136. The predicted octanol–water partition coefficient (Wildman–Crippen LogP) is 2.63. The Balaban J connectivity index is 0.00000106. The average molecular weight is 298 g/mol. The lowest BCUT2D eigenvalue weighted by Crippen LogP contribution is -2.47. The molecule has 2 rings (SSSR count). The Morgan fingerprint density at radius 2 is 1.67 bits per heavy atom. The molecule has 4 nitrogen and oxygen atoms in total. The second kappa shape index (κ2) is 10.2. The standard InChI is InChI=1S/C15H28N2O2.C2H6/c1-13(2)11-14-3-5-16(6-4-14)12-15(18)17-7-9-19-10-8-17;1-2/h13-14H,3-12H2,1-2H3;1-2H3. The summed E-state index contributed by atoms with van der Waals surface area (Å²) in [5.74, 6) is 1.95. The van der Waals surface area contributed by atoms with Crippen molar-refractivity contribution in [2.75, 3.05) is 45.9 Å². The van der Waals surface area contributed by atoms with Crippen LogP contribution in [0.2, 0.25) is 0 Å². The molecule has 0 aliphatic carbocycles. The molecule has 124 valence electrons.